The first kappa shape index (κ1) is 11.3. The van der Waals surface area contributed by atoms with Crippen LogP contribution in [0.5, 0.6) is 0 Å². The molecule has 2 aromatic heterocycles. The Labute approximate surface area is 108 Å². The Hall–Kier alpha value is -2.76. The van der Waals surface area contributed by atoms with Gasteiger partial charge >= 0.3 is 0 Å². The average Bonchev–Trinajstić information content (AvgIpc) is 2.81. The number of benzene rings is 1. The Bertz CT molecular complexity index is 778. The second kappa shape index (κ2) is 4.16. The molecule has 0 atom stereocenters. The van der Waals surface area contributed by atoms with Crippen LogP contribution in [-0.2, 0) is 7.05 Å². The summed E-state index contributed by atoms with van der Waals surface area (Å²) >= 11 is 0. The van der Waals surface area contributed by atoms with Crippen LogP contribution >= 0.6 is 0 Å². The maximum atomic E-state index is 11.4. The summed E-state index contributed by atoms with van der Waals surface area (Å²) in [7, 11) is 1.91. The molecule has 1 amide bonds. The molecular formula is C13H11N5O. The second-order valence-corrected chi connectivity index (χ2v) is 4.15. The number of aryl methyl sites for hydroxylation is 1. The topological polar surface area (TPSA) is 86.7 Å². The van der Waals surface area contributed by atoms with Crippen molar-refractivity contribution in [1.82, 2.24) is 19.5 Å². The van der Waals surface area contributed by atoms with E-state index in [1.54, 1.807) is 6.33 Å². The Morgan fingerprint density at radius 1 is 1.21 bits per heavy atom. The minimum Gasteiger partial charge on any atom is -0.364 e. The first-order chi connectivity index (χ1) is 9.18. The van der Waals surface area contributed by atoms with Gasteiger partial charge in [0.15, 0.2) is 5.69 Å². The van der Waals surface area contributed by atoms with Crippen molar-refractivity contribution in [1.29, 1.82) is 0 Å². The molecule has 6 nitrogen and oxygen atoms in total. The number of rotatable bonds is 2. The van der Waals surface area contributed by atoms with Crippen molar-refractivity contribution in [3.63, 3.8) is 0 Å². The van der Waals surface area contributed by atoms with E-state index in [-0.39, 0.29) is 5.69 Å². The van der Waals surface area contributed by atoms with Crippen molar-refractivity contribution < 1.29 is 4.79 Å². The van der Waals surface area contributed by atoms with Crippen molar-refractivity contribution in [3.05, 3.63) is 42.6 Å². The van der Waals surface area contributed by atoms with Crippen LogP contribution in [0.1, 0.15) is 10.5 Å². The molecule has 3 aromatic rings. The smallest absolute Gasteiger partial charge is 0.269 e. The van der Waals surface area contributed by atoms with E-state index in [2.05, 4.69) is 15.0 Å². The summed E-state index contributed by atoms with van der Waals surface area (Å²) < 4.78 is 1.90. The summed E-state index contributed by atoms with van der Waals surface area (Å²) in [5.41, 5.74) is 8.42. The molecule has 0 spiro atoms. The van der Waals surface area contributed by atoms with Crippen LogP contribution in [0.4, 0.5) is 0 Å². The monoisotopic (exact) mass is 253 g/mol. The van der Waals surface area contributed by atoms with E-state index < -0.39 is 5.91 Å². The van der Waals surface area contributed by atoms with Gasteiger partial charge in [-0.15, -0.1) is 0 Å². The van der Waals surface area contributed by atoms with Gasteiger partial charge in [-0.05, 0) is 6.07 Å². The molecule has 19 heavy (non-hydrogen) atoms. The predicted octanol–water partition coefficient (Wildman–Crippen LogP) is 1.13. The SMILES string of the molecule is Cn1cnc2c(-c3nccnc3C(N)=O)cccc21. The quantitative estimate of drug-likeness (QED) is 0.741. The Kier molecular flexibility index (Phi) is 2.49. The van der Waals surface area contributed by atoms with Crippen LogP contribution in [-0.4, -0.2) is 25.4 Å². The average molecular weight is 253 g/mol. The number of nitrogens with zero attached hydrogens (tertiary/aromatic N) is 4. The number of imidazole rings is 1. The van der Waals surface area contributed by atoms with Gasteiger partial charge in [0.25, 0.3) is 5.91 Å². The Morgan fingerprint density at radius 3 is 2.79 bits per heavy atom. The van der Waals surface area contributed by atoms with Crippen LogP contribution in [0.15, 0.2) is 36.9 Å². The minimum atomic E-state index is -0.601. The van der Waals surface area contributed by atoms with Gasteiger partial charge in [-0.2, -0.15) is 0 Å². The zero-order chi connectivity index (χ0) is 13.4. The number of aromatic nitrogens is 4. The summed E-state index contributed by atoms with van der Waals surface area (Å²) in [6.45, 7) is 0. The molecule has 0 radical (unpaired) electrons. The number of hydrogen-bond acceptors (Lipinski definition) is 4. The zero-order valence-electron chi connectivity index (χ0n) is 10.2. The largest absolute Gasteiger partial charge is 0.364 e. The van der Waals surface area contributed by atoms with Crippen LogP contribution in [0.3, 0.4) is 0 Å². The van der Waals surface area contributed by atoms with Crippen molar-refractivity contribution in [2.45, 2.75) is 0 Å². The van der Waals surface area contributed by atoms with Crippen LogP contribution in [0.25, 0.3) is 22.3 Å². The lowest BCUT2D eigenvalue weighted by atomic mass is 10.1. The summed E-state index contributed by atoms with van der Waals surface area (Å²) in [6, 6.07) is 5.69. The lowest BCUT2D eigenvalue weighted by molar-refractivity contribution is 0.0996. The number of primary amides is 1. The summed E-state index contributed by atoms with van der Waals surface area (Å²) in [5, 5.41) is 0. The summed E-state index contributed by atoms with van der Waals surface area (Å²) in [4.78, 5) is 24.0. The molecule has 0 aliphatic carbocycles. The molecule has 0 aliphatic rings. The first-order valence-electron chi connectivity index (χ1n) is 5.69. The van der Waals surface area contributed by atoms with E-state index >= 15 is 0 Å². The Morgan fingerprint density at radius 2 is 2.00 bits per heavy atom. The highest BCUT2D eigenvalue weighted by Gasteiger charge is 2.16. The van der Waals surface area contributed by atoms with Crippen molar-refractivity contribution in [2.75, 3.05) is 0 Å². The molecule has 0 aliphatic heterocycles. The minimum absolute atomic E-state index is 0.153. The number of para-hydroxylation sites is 1. The van der Waals surface area contributed by atoms with Gasteiger partial charge in [-0.1, -0.05) is 12.1 Å². The van der Waals surface area contributed by atoms with Gasteiger partial charge in [0.2, 0.25) is 0 Å². The number of amides is 1. The van der Waals surface area contributed by atoms with E-state index in [0.717, 1.165) is 16.6 Å². The third-order valence-electron chi connectivity index (χ3n) is 2.94. The highest BCUT2D eigenvalue weighted by Crippen LogP contribution is 2.27. The number of nitrogens with two attached hydrogens (primary N) is 1. The van der Waals surface area contributed by atoms with Gasteiger partial charge in [-0.3, -0.25) is 9.78 Å². The maximum absolute atomic E-state index is 11.4. The van der Waals surface area contributed by atoms with Gasteiger partial charge in [0.1, 0.15) is 5.69 Å². The van der Waals surface area contributed by atoms with Gasteiger partial charge in [0.05, 0.1) is 17.4 Å². The fourth-order valence-electron chi connectivity index (χ4n) is 2.06. The number of fused-ring (bicyclic) bond motifs is 1. The highest BCUT2D eigenvalue weighted by molar-refractivity contribution is 6.01. The molecule has 0 fully saturated rings. The van der Waals surface area contributed by atoms with Crippen molar-refractivity contribution in [2.24, 2.45) is 12.8 Å². The molecule has 0 saturated carbocycles. The fraction of sp³-hybridized carbons (Fsp3) is 0.0769. The van der Waals surface area contributed by atoms with Crippen LogP contribution in [0.2, 0.25) is 0 Å². The first-order valence-corrected chi connectivity index (χ1v) is 5.69. The van der Waals surface area contributed by atoms with E-state index in [4.69, 9.17) is 5.73 Å². The summed E-state index contributed by atoms with van der Waals surface area (Å²) in [6.07, 6.45) is 4.69. The van der Waals surface area contributed by atoms with Crippen LogP contribution in [0, 0.1) is 0 Å². The molecule has 2 heterocycles. The Balaban J connectivity index is 2.34. The van der Waals surface area contributed by atoms with E-state index in [9.17, 15) is 4.79 Å². The molecular weight excluding hydrogens is 242 g/mol. The normalized spacial score (nSPS) is 10.8. The standard InChI is InChI=1S/C13H11N5O/c1-18-7-17-10-8(3-2-4-9(10)18)11-12(13(14)19)16-6-5-15-11/h2-7H,1H3,(H2,14,19). The van der Waals surface area contributed by atoms with E-state index in [0.29, 0.717) is 5.69 Å². The second-order valence-electron chi connectivity index (χ2n) is 4.15. The predicted molar refractivity (Wildman–Crippen MR) is 70.3 cm³/mol. The molecule has 0 unspecified atom stereocenters. The molecule has 94 valence electrons. The summed E-state index contributed by atoms with van der Waals surface area (Å²) in [5.74, 6) is -0.601. The molecule has 3 rings (SSSR count). The van der Waals surface area contributed by atoms with Gasteiger partial charge in [0, 0.05) is 25.0 Å². The lowest BCUT2D eigenvalue weighted by Crippen LogP contribution is -2.15. The van der Waals surface area contributed by atoms with Gasteiger partial charge in [-0.25, -0.2) is 9.97 Å². The maximum Gasteiger partial charge on any atom is 0.269 e. The molecule has 1 aromatic carbocycles. The van der Waals surface area contributed by atoms with Crippen molar-refractivity contribution >= 4 is 16.9 Å². The molecule has 0 bridgehead atoms. The van der Waals surface area contributed by atoms with E-state index in [1.807, 2.05) is 29.8 Å². The van der Waals surface area contributed by atoms with Crippen LogP contribution < -0.4 is 5.73 Å². The number of carbonyl (C=O) groups excluding carboxylic acids is 1. The molecule has 2 N–H and O–H groups in total. The third-order valence-corrected chi connectivity index (χ3v) is 2.94. The zero-order valence-corrected chi connectivity index (χ0v) is 10.2. The highest BCUT2D eigenvalue weighted by atomic mass is 16.1. The fourth-order valence-corrected chi connectivity index (χ4v) is 2.06. The molecule has 0 saturated heterocycles. The van der Waals surface area contributed by atoms with Gasteiger partial charge < -0.3 is 10.3 Å². The third kappa shape index (κ3) is 1.74. The van der Waals surface area contributed by atoms with E-state index in [1.165, 1.54) is 12.4 Å². The number of hydrogen-bond donors (Lipinski definition) is 1. The molecule has 6 heteroatoms. The van der Waals surface area contributed by atoms with Crippen molar-refractivity contribution in [3.8, 4) is 11.3 Å². The number of carbonyl (C=O) groups is 1. The lowest BCUT2D eigenvalue weighted by Gasteiger charge is -2.05.